The normalized spacial score (nSPS) is 13.1. The maximum Gasteiger partial charge on any atom is 0.269 e. The van der Waals surface area contributed by atoms with Gasteiger partial charge in [0.1, 0.15) is 24.7 Å². The highest BCUT2D eigenvalue weighted by Crippen LogP contribution is 2.21. The quantitative estimate of drug-likeness (QED) is 0.315. The molecule has 1 aromatic heterocycles. The summed E-state index contributed by atoms with van der Waals surface area (Å²) < 4.78 is 15.6. The summed E-state index contributed by atoms with van der Waals surface area (Å²) in [6, 6.07) is 9.84. The highest BCUT2D eigenvalue weighted by Gasteiger charge is 2.33. The molecular formula is C25H29ClFN5O4. The molecular weight excluding hydrogens is 489 g/mol. The summed E-state index contributed by atoms with van der Waals surface area (Å²) in [6.45, 7) is 3.08. The lowest BCUT2D eigenvalue weighted by Gasteiger charge is -2.37. The fraction of sp³-hybridized carbons (Fsp3) is 0.360. The van der Waals surface area contributed by atoms with Crippen LogP contribution in [-0.4, -0.2) is 63.1 Å². The summed E-state index contributed by atoms with van der Waals surface area (Å²) >= 11 is 5.83. The number of para-hydroxylation sites is 1. The molecule has 0 saturated carbocycles. The van der Waals surface area contributed by atoms with Gasteiger partial charge in [0.15, 0.2) is 5.69 Å². The first-order valence-electron chi connectivity index (χ1n) is 11.5. The van der Waals surface area contributed by atoms with Crippen molar-refractivity contribution in [2.45, 2.75) is 39.0 Å². The zero-order valence-electron chi connectivity index (χ0n) is 20.0. The predicted molar refractivity (Wildman–Crippen MR) is 134 cm³/mol. The van der Waals surface area contributed by atoms with Crippen LogP contribution in [0.1, 0.15) is 29.9 Å². The Balaban J connectivity index is 1.86. The number of amides is 2. The van der Waals surface area contributed by atoms with Crippen molar-refractivity contribution < 1.29 is 23.9 Å². The van der Waals surface area contributed by atoms with E-state index in [1.54, 1.807) is 36.4 Å². The fourth-order valence-corrected chi connectivity index (χ4v) is 4.32. The zero-order chi connectivity index (χ0) is 26.4. The predicted octanol–water partition coefficient (Wildman–Crippen LogP) is 2.13. The van der Waals surface area contributed by atoms with E-state index in [0.717, 1.165) is 0 Å². The van der Waals surface area contributed by atoms with Gasteiger partial charge in [0.2, 0.25) is 5.91 Å². The van der Waals surface area contributed by atoms with Gasteiger partial charge in [0.05, 0.1) is 23.2 Å². The molecule has 4 N–H and O–H groups in total. The number of hydrogen-bond acceptors (Lipinski definition) is 6. The summed E-state index contributed by atoms with van der Waals surface area (Å²) in [5, 5.41) is 17.8. The van der Waals surface area contributed by atoms with Crippen molar-refractivity contribution >= 4 is 40.6 Å². The number of carbonyl (C=O) groups excluding carboxylic acids is 3. The molecule has 2 aromatic carbocycles. The van der Waals surface area contributed by atoms with Crippen LogP contribution in [-0.2, 0) is 22.7 Å². The fourth-order valence-electron chi connectivity index (χ4n) is 4.13. The summed E-state index contributed by atoms with van der Waals surface area (Å²) in [6.07, 6.45) is 0.611. The number of fused-ring (bicyclic) bond motifs is 1. The van der Waals surface area contributed by atoms with Gasteiger partial charge < -0.3 is 25.9 Å². The average molecular weight is 518 g/mol. The summed E-state index contributed by atoms with van der Waals surface area (Å²) in [7, 11) is 0. The Kier molecular flexibility index (Phi) is 9.14. The molecule has 11 heteroatoms. The number of halogens is 2. The maximum absolute atomic E-state index is 14.2. The molecule has 3 aromatic rings. The van der Waals surface area contributed by atoms with Gasteiger partial charge >= 0.3 is 0 Å². The molecule has 0 radical (unpaired) electrons. The van der Waals surface area contributed by atoms with Crippen LogP contribution < -0.4 is 11.1 Å². The molecule has 36 heavy (non-hydrogen) atoms. The van der Waals surface area contributed by atoms with E-state index in [1.807, 2.05) is 13.8 Å². The van der Waals surface area contributed by atoms with Crippen molar-refractivity contribution in [3.63, 3.8) is 0 Å². The van der Waals surface area contributed by atoms with Gasteiger partial charge in [0.25, 0.3) is 5.91 Å². The lowest BCUT2D eigenvalue weighted by molar-refractivity contribution is -0.142. The second kappa shape index (κ2) is 12.1. The van der Waals surface area contributed by atoms with Crippen LogP contribution in [0.25, 0.3) is 10.9 Å². The van der Waals surface area contributed by atoms with E-state index in [4.69, 9.17) is 17.3 Å². The lowest BCUT2D eigenvalue weighted by atomic mass is 10.0. The molecule has 2 amide bonds. The van der Waals surface area contributed by atoms with Gasteiger partial charge in [-0.3, -0.25) is 14.3 Å². The average Bonchev–Trinajstić information content (AvgIpc) is 3.21. The van der Waals surface area contributed by atoms with Gasteiger partial charge in [-0.05, 0) is 18.1 Å². The van der Waals surface area contributed by atoms with E-state index in [0.29, 0.717) is 22.8 Å². The summed E-state index contributed by atoms with van der Waals surface area (Å²) in [4.78, 5) is 38.8. The number of aromatic nitrogens is 2. The third-order valence-corrected chi connectivity index (χ3v) is 6.29. The number of benzene rings is 2. The number of aliphatic hydroxyl groups is 1. The van der Waals surface area contributed by atoms with Gasteiger partial charge in [0, 0.05) is 24.0 Å². The highest BCUT2D eigenvalue weighted by molar-refractivity contribution is 6.30. The minimum absolute atomic E-state index is 0.0107. The van der Waals surface area contributed by atoms with Gasteiger partial charge in [-0.15, -0.1) is 0 Å². The Labute approximate surface area is 213 Å². The largest absolute Gasteiger partial charge is 0.394 e. The number of carbonyl (C=O) groups is 3. The number of primary amides is 1. The Morgan fingerprint density at radius 1 is 1.25 bits per heavy atom. The van der Waals surface area contributed by atoms with Crippen LogP contribution in [0.4, 0.5) is 4.39 Å². The van der Waals surface area contributed by atoms with Gasteiger partial charge in [-0.2, -0.15) is 5.10 Å². The first-order chi connectivity index (χ1) is 17.2. The second-order valence-electron chi connectivity index (χ2n) is 8.73. The van der Waals surface area contributed by atoms with Crippen molar-refractivity contribution in [3.8, 4) is 0 Å². The molecule has 2 atom stereocenters. The molecule has 0 saturated heterocycles. The lowest BCUT2D eigenvalue weighted by Crippen LogP contribution is -2.55. The molecule has 0 fully saturated rings. The van der Waals surface area contributed by atoms with Crippen molar-refractivity contribution in [3.05, 3.63) is 64.6 Å². The van der Waals surface area contributed by atoms with E-state index in [1.165, 1.54) is 15.6 Å². The number of rotatable bonds is 12. The van der Waals surface area contributed by atoms with Crippen LogP contribution in [0, 0.1) is 11.7 Å². The third-order valence-electron chi connectivity index (χ3n) is 5.99. The van der Waals surface area contributed by atoms with Crippen LogP contribution in [0.3, 0.4) is 0 Å². The number of aliphatic hydroxyl groups excluding tert-OH is 1. The van der Waals surface area contributed by atoms with Crippen LogP contribution in [0.2, 0.25) is 5.02 Å². The highest BCUT2D eigenvalue weighted by atomic mass is 35.5. The molecule has 3 rings (SSSR count). The SMILES string of the molecule is CC(C)[C@H](CO)N(C(=O)Cn1nc(C(N)=O)c2ccccc21)C(C=O)CNCc1cccc(Cl)c1F. The molecule has 0 aliphatic heterocycles. The summed E-state index contributed by atoms with van der Waals surface area (Å²) in [5.74, 6) is -1.96. The molecule has 1 unspecified atom stereocenters. The van der Waals surface area contributed by atoms with Crippen molar-refractivity contribution in [2.75, 3.05) is 13.2 Å². The standard InChI is InChI=1S/C25H29ClFN5O4/c1-15(2)21(14-34)32(17(13-33)11-29-10-16-6-5-8-19(26)23(16)27)22(35)12-31-20-9-4-3-7-18(20)24(30-31)25(28)36/h3-9,13,15,17,21,29,34H,10-12,14H2,1-2H3,(H2,28,36)/t17?,21-/m0/s1. The molecule has 9 nitrogen and oxygen atoms in total. The first-order valence-corrected chi connectivity index (χ1v) is 11.8. The number of nitrogens with two attached hydrogens (primary N) is 1. The summed E-state index contributed by atoms with van der Waals surface area (Å²) in [5.41, 5.74) is 6.33. The Hall–Kier alpha value is -3.34. The van der Waals surface area contributed by atoms with Crippen molar-refractivity contribution in [2.24, 2.45) is 11.7 Å². The van der Waals surface area contributed by atoms with E-state index >= 15 is 0 Å². The van der Waals surface area contributed by atoms with Crippen molar-refractivity contribution in [1.82, 2.24) is 20.0 Å². The number of hydrogen-bond donors (Lipinski definition) is 3. The van der Waals surface area contributed by atoms with Crippen LogP contribution in [0.15, 0.2) is 42.5 Å². The molecule has 0 bridgehead atoms. The van der Waals surface area contributed by atoms with Crippen LogP contribution >= 0.6 is 11.6 Å². The van der Waals surface area contributed by atoms with Crippen molar-refractivity contribution in [1.29, 1.82) is 0 Å². The Morgan fingerprint density at radius 2 is 1.97 bits per heavy atom. The van der Waals surface area contributed by atoms with E-state index in [-0.39, 0.29) is 42.9 Å². The Morgan fingerprint density at radius 3 is 2.61 bits per heavy atom. The minimum atomic E-state index is -0.961. The number of aldehydes is 1. The topological polar surface area (TPSA) is 131 Å². The number of nitrogens with one attached hydrogen (secondary N) is 1. The molecule has 0 aliphatic rings. The van der Waals surface area contributed by atoms with Gasteiger partial charge in [-0.25, -0.2) is 4.39 Å². The Bertz CT molecular complexity index is 1250. The zero-order valence-corrected chi connectivity index (χ0v) is 20.8. The molecule has 0 aliphatic carbocycles. The minimum Gasteiger partial charge on any atom is -0.394 e. The molecule has 0 spiro atoms. The second-order valence-corrected chi connectivity index (χ2v) is 9.14. The first kappa shape index (κ1) is 27.3. The van der Waals surface area contributed by atoms with E-state index in [2.05, 4.69) is 10.4 Å². The third kappa shape index (κ3) is 5.89. The monoisotopic (exact) mass is 517 g/mol. The molecule has 192 valence electrons. The van der Waals surface area contributed by atoms with Gasteiger partial charge in [-0.1, -0.05) is 55.8 Å². The maximum atomic E-state index is 14.2. The van der Waals surface area contributed by atoms with E-state index < -0.39 is 29.7 Å². The smallest absolute Gasteiger partial charge is 0.269 e. The molecule has 1 heterocycles. The van der Waals surface area contributed by atoms with E-state index in [9.17, 15) is 23.9 Å². The number of nitrogens with zero attached hydrogens (tertiary/aromatic N) is 3. The van der Waals surface area contributed by atoms with Crippen LogP contribution in [0.5, 0.6) is 0 Å².